The molecule has 0 heterocycles. The van der Waals surface area contributed by atoms with Gasteiger partial charge in [-0.1, -0.05) is 51.6 Å². The van der Waals surface area contributed by atoms with E-state index in [-0.39, 0.29) is 39.6 Å². The van der Waals surface area contributed by atoms with Crippen LogP contribution in [0.3, 0.4) is 0 Å². The quantitative estimate of drug-likeness (QED) is 0.155. The van der Waals surface area contributed by atoms with Crippen LogP contribution in [0.5, 0.6) is 0 Å². The van der Waals surface area contributed by atoms with Gasteiger partial charge in [0.1, 0.15) is 0 Å². The van der Waals surface area contributed by atoms with Crippen molar-refractivity contribution in [2.75, 3.05) is 19.0 Å². The van der Waals surface area contributed by atoms with Gasteiger partial charge in [0.2, 0.25) is 5.91 Å². The largest absolute Gasteiger partial charge is 0.397 e. The summed E-state index contributed by atoms with van der Waals surface area (Å²) in [6.45, 7) is 8.72. The Bertz CT molecular complexity index is 1080. The normalized spacial score (nSPS) is 17.1. The number of aliphatic hydroxyl groups excluding tert-OH is 3. The van der Waals surface area contributed by atoms with Crippen molar-refractivity contribution in [1.29, 1.82) is 0 Å². The maximum atomic E-state index is 13.0. The highest BCUT2D eigenvalue weighted by atomic mass is 35.5. The summed E-state index contributed by atoms with van der Waals surface area (Å²) in [5.41, 5.74) is -0.120. The highest BCUT2D eigenvalue weighted by Crippen LogP contribution is 2.27. The Kier molecular flexibility index (Phi) is 20.2. The van der Waals surface area contributed by atoms with Gasteiger partial charge in [0, 0.05) is 55.0 Å². The zero-order valence-corrected chi connectivity index (χ0v) is 26.0. The standard InChI is InChI=1S/C13H7ClF3NO2S.C7H13NO3.C7H16.C2H6O/c14-8-2-1-6(3-11(8)21-20)13(19)18-7-4-9(15)12(17)10(16)5-7;1-8-7(11)4-2-5(9)6(10)3-4;1-4-5-6-7(2)3;1-2-3/h1-5,20H,(H,18,19);4-6,9-10H,2-3H2,1H3,(H,8,11);7H,4-6H2,1-3H3;3H,2H2,1H3. The number of rotatable bonds is 7. The molecule has 2 atom stereocenters. The molecule has 8 nitrogen and oxygen atoms in total. The molecule has 1 aliphatic carbocycles. The number of hydrogen-bond donors (Lipinski definition) is 6. The van der Waals surface area contributed by atoms with Crippen LogP contribution < -0.4 is 10.6 Å². The van der Waals surface area contributed by atoms with E-state index in [1.165, 1.54) is 37.5 Å². The van der Waals surface area contributed by atoms with E-state index in [1.54, 1.807) is 14.0 Å². The van der Waals surface area contributed by atoms with Crippen molar-refractivity contribution in [2.45, 2.75) is 76.9 Å². The third-order valence-electron chi connectivity index (χ3n) is 5.78. The van der Waals surface area contributed by atoms with Crippen LogP contribution in [0.4, 0.5) is 18.9 Å². The minimum Gasteiger partial charge on any atom is -0.397 e. The van der Waals surface area contributed by atoms with Crippen LogP contribution in [0.15, 0.2) is 35.2 Å². The van der Waals surface area contributed by atoms with E-state index in [0.29, 0.717) is 37.0 Å². The first-order valence-corrected chi connectivity index (χ1v) is 14.7. The van der Waals surface area contributed by atoms with Gasteiger partial charge in [-0.25, -0.2) is 13.2 Å². The molecule has 2 amide bonds. The summed E-state index contributed by atoms with van der Waals surface area (Å²) in [4.78, 5) is 23.1. The summed E-state index contributed by atoms with van der Waals surface area (Å²) in [6, 6.07) is 5.38. The van der Waals surface area contributed by atoms with E-state index >= 15 is 0 Å². The minimum atomic E-state index is -1.61. The van der Waals surface area contributed by atoms with Crippen LogP contribution >= 0.6 is 23.6 Å². The number of hydrogen-bond acceptors (Lipinski definition) is 7. The average molecular weight is 639 g/mol. The van der Waals surface area contributed by atoms with Crippen LogP contribution in [0.1, 0.15) is 70.2 Å². The SMILES string of the molecule is CCCCC(C)C.CCO.CNC(=O)C1CC(O)C(O)C1.O=C(Nc1cc(F)c(F)c(F)c1)c1ccc(Cl)c(SO)c1. The molecule has 1 fully saturated rings. The van der Waals surface area contributed by atoms with E-state index in [9.17, 15) is 22.8 Å². The molecule has 2 unspecified atom stereocenters. The molecule has 2 aromatic rings. The highest BCUT2D eigenvalue weighted by molar-refractivity contribution is 7.93. The molecule has 42 heavy (non-hydrogen) atoms. The summed E-state index contributed by atoms with van der Waals surface area (Å²) in [5, 5.41) is 30.7. The van der Waals surface area contributed by atoms with E-state index in [4.69, 9.17) is 31.5 Å². The molecule has 1 saturated carbocycles. The average Bonchev–Trinajstić information content (AvgIpc) is 3.29. The Morgan fingerprint density at radius 2 is 1.57 bits per heavy atom. The maximum Gasteiger partial charge on any atom is 0.255 e. The molecule has 0 radical (unpaired) electrons. The van der Waals surface area contributed by atoms with E-state index in [0.717, 1.165) is 5.92 Å². The van der Waals surface area contributed by atoms with Gasteiger partial charge in [0.15, 0.2) is 17.5 Å². The number of unbranched alkanes of at least 4 members (excludes halogenated alkanes) is 1. The lowest BCUT2D eigenvalue weighted by Gasteiger charge is -2.08. The molecule has 0 aliphatic heterocycles. The van der Waals surface area contributed by atoms with E-state index in [1.807, 2.05) is 0 Å². The molecule has 13 heteroatoms. The van der Waals surface area contributed by atoms with E-state index in [2.05, 4.69) is 31.4 Å². The van der Waals surface area contributed by atoms with Crippen molar-refractivity contribution in [3.8, 4) is 0 Å². The second kappa shape index (κ2) is 21.4. The molecule has 0 spiro atoms. The fraction of sp³-hybridized carbons (Fsp3) is 0.517. The van der Waals surface area contributed by atoms with Crippen LogP contribution in [-0.2, 0) is 4.79 Å². The lowest BCUT2D eigenvalue weighted by Crippen LogP contribution is -2.25. The fourth-order valence-corrected chi connectivity index (χ4v) is 4.13. The van der Waals surface area contributed by atoms with Gasteiger partial charge in [0.25, 0.3) is 5.91 Å². The maximum absolute atomic E-state index is 13.0. The van der Waals surface area contributed by atoms with Crippen LogP contribution in [0.2, 0.25) is 5.02 Å². The lowest BCUT2D eigenvalue weighted by atomic mass is 10.1. The van der Waals surface area contributed by atoms with Crippen LogP contribution in [0.25, 0.3) is 0 Å². The zero-order valence-electron chi connectivity index (χ0n) is 24.5. The summed E-state index contributed by atoms with van der Waals surface area (Å²) in [7, 11) is 1.55. The molecule has 2 aromatic carbocycles. The predicted molar refractivity (Wildman–Crippen MR) is 160 cm³/mol. The van der Waals surface area contributed by atoms with Gasteiger partial charge < -0.3 is 30.5 Å². The summed E-state index contributed by atoms with van der Waals surface area (Å²) >= 11 is 6.13. The number of carbonyl (C=O) groups is 2. The monoisotopic (exact) mass is 638 g/mol. The second-order valence-corrected chi connectivity index (χ2v) is 10.7. The van der Waals surface area contributed by atoms with Crippen molar-refractivity contribution >= 4 is 41.1 Å². The van der Waals surface area contributed by atoms with Crippen molar-refractivity contribution in [3.05, 3.63) is 58.4 Å². The third-order valence-corrected chi connectivity index (χ3v) is 6.76. The van der Waals surface area contributed by atoms with Crippen LogP contribution in [0, 0.1) is 29.3 Å². The molecule has 0 bridgehead atoms. The van der Waals surface area contributed by atoms with Gasteiger partial charge in [0.05, 0.1) is 22.1 Å². The summed E-state index contributed by atoms with van der Waals surface area (Å²) in [6.07, 6.45) is 3.45. The highest BCUT2D eigenvalue weighted by Gasteiger charge is 2.35. The van der Waals surface area contributed by atoms with E-state index < -0.39 is 35.6 Å². The number of benzene rings is 2. The Balaban J connectivity index is 0.000000666. The first kappa shape index (κ1) is 39.6. The van der Waals surface area contributed by atoms with Gasteiger partial charge in [-0.2, -0.15) is 0 Å². The lowest BCUT2D eigenvalue weighted by molar-refractivity contribution is -0.124. The number of aliphatic hydroxyl groups is 3. The Morgan fingerprint density at radius 1 is 1.05 bits per heavy atom. The molecule has 0 aromatic heterocycles. The second-order valence-electron chi connectivity index (χ2n) is 9.71. The Hall–Kier alpha value is -2.35. The molecule has 1 aliphatic rings. The predicted octanol–water partition coefficient (Wildman–Crippen LogP) is 6.27. The summed E-state index contributed by atoms with van der Waals surface area (Å²) < 4.78 is 47.9. The van der Waals surface area contributed by atoms with Gasteiger partial charge >= 0.3 is 0 Å². The number of nitrogens with one attached hydrogen (secondary N) is 2. The fourth-order valence-electron chi connectivity index (χ4n) is 3.57. The zero-order chi connectivity index (χ0) is 32.4. The van der Waals surface area contributed by atoms with Crippen molar-refractivity contribution < 1.29 is 42.6 Å². The molecular formula is C29H42ClF3N2O6S. The summed E-state index contributed by atoms with van der Waals surface area (Å²) in [5.74, 6) is -4.53. The van der Waals surface area contributed by atoms with Gasteiger partial charge in [-0.3, -0.25) is 9.59 Å². The topological polar surface area (TPSA) is 139 Å². The number of anilines is 1. The van der Waals surface area contributed by atoms with Crippen LogP contribution in [-0.4, -0.2) is 57.5 Å². The van der Waals surface area contributed by atoms with Crippen molar-refractivity contribution in [1.82, 2.24) is 5.32 Å². The number of halogens is 4. The molecule has 6 N–H and O–H groups in total. The van der Waals surface area contributed by atoms with Gasteiger partial charge in [-0.05, 0) is 43.9 Å². The number of carbonyl (C=O) groups excluding carboxylic acids is 2. The molecule has 238 valence electrons. The number of amides is 2. The third kappa shape index (κ3) is 14.7. The Morgan fingerprint density at radius 3 is 1.98 bits per heavy atom. The molecular weight excluding hydrogens is 597 g/mol. The minimum absolute atomic E-state index is 0.0967. The van der Waals surface area contributed by atoms with Crippen molar-refractivity contribution in [3.63, 3.8) is 0 Å². The molecule has 0 saturated heterocycles. The smallest absolute Gasteiger partial charge is 0.255 e. The Labute approximate surface area is 254 Å². The first-order chi connectivity index (χ1) is 19.7. The van der Waals surface area contributed by atoms with Crippen molar-refractivity contribution in [2.24, 2.45) is 11.8 Å². The first-order valence-electron chi connectivity index (χ1n) is 13.5. The molecule has 3 rings (SSSR count). The van der Waals surface area contributed by atoms with Gasteiger partial charge in [-0.15, -0.1) is 0 Å².